The van der Waals surface area contributed by atoms with E-state index < -0.39 is 10.0 Å². The molecule has 0 atom stereocenters. The number of hydrogen-bond acceptors (Lipinski definition) is 5. The van der Waals surface area contributed by atoms with Crippen LogP contribution in [0.4, 0.5) is 0 Å². The van der Waals surface area contributed by atoms with Crippen molar-refractivity contribution in [3.63, 3.8) is 0 Å². The van der Waals surface area contributed by atoms with Crippen LogP contribution >= 0.6 is 0 Å². The van der Waals surface area contributed by atoms with Crippen LogP contribution in [0.1, 0.15) is 38.5 Å². The number of piperidine rings is 1. The van der Waals surface area contributed by atoms with Gasteiger partial charge < -0.3 is 14.4 Å². The minimum atomic E-state index is -3.47. The summed E-state index contributed by atoms with van der Waals surface area (Å²) in [5.41, 5.74) is 0. The lowest BCUT2D eigenvalue weighted by atomic mass is 9.97. The van der Waals surface area contributed by atoms with Crippen molar-refractivity contribution >= 4 is 10.0 Å². The molecule has 2 saturated heterocycles. The standard InChI is InChI=1S/C20H30N2O4S/c23-27(24,18-5-6-19-20(15-18)26-14-13-25-19)22-11-7-17(8-12-22)16-21-9-3-1-2-4-10-21/h5-6,15,17H,1-4,7-14,16H2. The van der Waals surface area contributed by atoms with Crippen LogP contribution in [0.3, 0.4) is 0 Å². The number of likely N-dealkylation sites (tertiary alicyclic amines) is 1. The van der Waals surface area contributed by atoms with Crippen molar-refractivity contribution in [3.05, 3.63) is 18.2 Å². The molecule has 3 aliphatic heterocycles. The van der Waals surface area contributed by atoms with Crippen molar-refractivity contribution < 1.29 is 17.9 Å². The molecule has 4 rings (SSSR count). The SMILES string of the molecule is O=S(=O)(c1ccc2c(c1)OCCO2)N1CCC(CN2CCCCCC2)CC1. The summed E-state index contributed by atoms with van der Waals surface area (Å²) >= 11 is 0. The third kappa shape index (κ3) is 4.41. The first-order valence-electron chi connectivity index (χ1n) is 10.2. The molecule has 6 nitrogen and oxygen atoms in total. The largest absolute Gasteiger partial charge is 0.486 e. The van der Waals surface area contributed by atoms with Gasteiger partial charge in [-0.15, -0.1) is 0 Å². The Kier molecular flexibility index (Phi) is 5.90. The molecule has 3 heterocycles. The van der Waals surface area contributed by atoms with Gasteiger partial charge in [-0.2, -0.15) is 4.31 Å². The summed E-state index contributed by atoms with van der Waals surface area (Å²) in [5, 5.41) is 0. The van der Waals surface area contributed by atoms with Gasteiger partial charge in [0.15, 0.2) is 11.5 Å². The first-order chi connectivity index (χ1) is 13.1. The number of nitrogens with zero attached hydrogens (tertiary/aromatic N) is 2. The summed E-state index contributed by atoms with van der Waals surface area (Å²) in [6.07, 6.45) is 7.20. The van der Waals surface area contributed by atoms with Crippen molar-refractivity contribution in [3.8, 4) is 11.5 Å². The maximum absolute atomic E-state index is 13.0. The van der Waals surface area contributed by atoms with Gasteiger partial charge in [0.1, 0.15) is 13.2 Å². The van der Waals surface area contributed by atoms with Gasteiger partial charge in [0.05, 0.1) is 4.90 Å². The Morgan fingerprint density at radius 3 is 2.26 bits per heavy atom. The number of hydrogen-bond donors (Lipinski definition) is 0. The van der Waals surface area contributed by atoms with Gasteiger partial charge >= 0.3 is 0 Å². The van der Waals surface area contributed by atoms with Crippen LogP contribution in [-0.2, 0) is 10.0 Å². The lowest BCUT2D eigenvalue weighted by Gasteiger charge is -2.34. The van der Waals surface area contributed by atoms with E-state index in [0.29, 0.717) is 48.6 Å². The highest BCUT2D eigenvalue weighted by Gasteiger charge is 2.31. The molecule has 2 fully saturated rings. The maximum atomic E-state index is 13.0. The molecule has 1 aromatic rings. The van der Waals surface area contributed by atoms with E-state index in [9.17, 15) is 8.42 Å². The minimum Gasteiger partial charge on any atom is -0.486 e. The van der Waals surface area contributed by atoms with Crippen molar-refractivity contribution in [2.24, 2.45) is 5.92 Å². The van der Waals surface area contributed by atoms with E-state index in [4.69, 9.17) is 9.47 Å². The second-order valence-electron chi connectivity index (χ2n) is 7.87. The van der Waals surface area contributed by atoms with E-state index in [0.717, 1.165) is 19.4 Å². The zero-order valence-electron chi connectivity index (χ0n) is 15.9. The van der Waals surface area contributed by atoms with Gasteiger partial charge in [-0.25, -0.2) is 8.42 Å². The average Bonchev–Trinajstić information content (AvgIpc) is 2.97. The molecule has 0 amide bonds. The van der Waals surface area contributed by atoms with Crippen LogP contribution in [0.2, 0.25) is 0 Å². The lowest BCUT2D eigenvalue weighted by Crippen LogP contribution is -2.41. The van der Waals surface area contributed by atoms with Gasteiger partial charge in [-0.1, -0.05) is 12.8 Å². The Balaban J connectivity index is 1.37. The molecular weight excluding hydrogens is 364 g/mol. The highest BCUT2D eigenvalue weighted by molar-refractivity contribution is 7.89. The molecule has 3 aliphatic rings. The zero-order valence-corrected chi connectivity index (χ0v) is 16.8. The van der Waals surface area contributed by atoms with Gasteiger partial charge in [-0.3, -0.25) is 0 Å². The van der Waals surface area contributed by atoms with Crippen molar-refractivity contribution in [1.29, 1.82) is 0 Å². The third-order valence-corrected chi connectivity index (χ3v) is 7.83. The summed E-state index contributed by atoms with van der Waals surface area (Å²) in [7, 11) is -3.47. The summed E-state index contributed by atoms with van der Waals surface area (Å²) in [5.74, 6) is 1.75. The molecule has 0 radical (unpaired) electrons. The number of sulfonamides is 1. The fourth-order valence-electron chi connectivity index (χ4n) is 4.35. The van der Waals surface area contributed by atoms with Crippen LogP contribution in [0.25, 0.3) is 0 Å². The average molecular weight is 395 g/mol. The Morgan fingerprint density at radius 2 is 1.56 bits per heavy atom. The van der Waals surface area contributed by atoms with Gasteiger partial charge in [0.2, 0.25) is 10.0 Å². The molecule has 0 saturated carbocycles. The number of benzene rings is 1. The summed E-state index contributed by atoms with van der Waals surface area (Å²) in [6.45, 7) is 5.70. The van der Waals surface area contributed by atoms with E-state index in [1.54, 1.807) is 22.5 Å². The summed E-state index contributed by atoms with van der Waals surface area (Å²) < 4.78 is 38.7. The predicted octanol–water partition coefficient (Wildman–Crippen LogP) is 2.73. The number of rotatable bonds is 4. The van der Waals surface area contributed by atoms with Crippen LogP contribution in [0.15, 0.2) is 23.1 Å². The summed E-state index contributed by atoms with van der Waals surface area (Å²) in [4.78, 5) is 2.89. The predicted molar refractivity (Wildman–Crippen MR) is 104 cm³/mol. The summed E-state index contributed by atoms with van der Waals surface area (Å²) in [6, 6.07) is 4.94. The van der Waals surface area contributed by atoms with Gasteiger partial charge in [0.25, 0.3) is 0 Å². The molecule has 1 aromatic carbocycles. The molecule has 0 spiro atoms. The maximum Gasteiger partial charge on any atom is 0.243 e. The van der Waals surface area contributed by atoms with Gasteiger partial charge in [-0.05, 0) is 56.8 Å². The van der Waals surface area contributed by atoms with Gasteiger partial charge in [0, 0.05) is 25.7 Å². The molecule has 0 aliphatic carbocycles. The topological polar surface area (TPSA) is 59.1 Å². The second kappa shape index (κ2) is 8.37. The highest BCUT2D eigenvalue weighted by atomic mass is 32.2. The lowest BCUT2D eigenvalue weighted by molar-refractivity contribution is 0.171. The zero-order chi connectivity index (χ0) is 18.7. The van der Waals surface area contributed by atoms with E-state index in [1.165, 1.54) is 38.8 Å². The second-order valence-corrected chi connectivity index (χ2v) is 9.81. The van der Waals surface area contributed by atoms with E-state index in [2.05, 4.69) is 4.90 Å². The van der Waals surface area contributed by atoms with Crippen LogP contribution in [-0.4, -0.2) is 63.6 Å². The Morgan fingerprint density at radius 1 is 0.889 bits per heavy atom. The third-order valence-electron chi connectivity index (χ3n) is 5.94. The Bertz CT molecular complexity index is 736. The molecule has 27 heavy (non-hydrogen) atoms. The van der Waals surface area contributed by atoms with E-state index in [1.807, 2.05) is 0 Å². The molecule has 7 heteroatoms. The van der Waals surface area contributed by atoms with E-state index >= 15 is 0 Å². The number of ether oxygens (including phenoxy) is 2. The first kappa shape index (κ1) is 19.0. The molecule has 0 N–H and O–H groups in total. The molecule has 0 bridgehead atoms. The normalized spacial score (nSPS) is 23.1. The fourth-order valence-corrected chi connectivity index (χ4v) is 5.83. The highest BCUT2D eigenvalue weighted by Crippen LogP contribution is 2.34. The van der Waals surface area contributed by atoms with Crippen LogP contribution < -0.4 is 9.47 Å². The monoisotopic (exact) mass is 394 g/mol. The first-order valence-corrected chi connectivity index (χ1v) is 11.7. The van der Waals surface area contributed by atoms with E-state index in [-0.39, 0.29) is 0 Å². The van der Waals surface area contributed by atoms with Crippen LogP contribution in [0.5, 0.6) is 11.5 Å². The molecule has 150 valence electrons. The molecule has 0 unspecified atom stereocenters. The number of fused-ring (bicyclic) bond motifs is 1. The molecular formula is C20H30N2O4S. The smallest absolute Gasteiger partial charge is 0.243 e. The Labute approximate surface area is 162 Å². The fraction of sp³-hybridized carbons (Fsp3) is 0.700. The Hall–Kier alpha value is -1.31. The van der Waals surface area contributed by atoms with Crippen molar-refractivity contribution in [2.75, 3.05) is 45.9 Å². The minimum absolute atomic E-state index is 0.303. The van der Waals surface area contributed by atoms with Crippen molar-refractivity contribution in [2.45, 2.75) is 43.4 Å². The van der Waals surface area contributed by atoms with Crippen molar-refractivity contribution in [1.82, 2.24) is 9.21 Å². The molecule has 0 aromatic heterocycles. The van der Waals surface area contributed by atoms with Crippen LogP contribution in [0, 0.1) is 5.92 Å². The quantitative estimate of drug-likeness (QED) is 0.786.